The van der Waals surface area contributed by atoms with E-state index in [9.17, 15) is 4.79 Å². The number of hydrogen-bond donors (Lipinski definition) is 0. The van der Waals surface area contributed by atoms with Crippen molar-refractivity contribution < 1.29 is 19.0 Å². The van der Waals surface area contributed by atoms with Crippen LogP contribution >= 0.6 is 0 Å². The molecule has 180 valence electrons. The lowest BCUT2D eigenvalue weighted by Gasteiger charge is -2.17. The lowest BCUT2D eigenvalue weighted by atomic mass is 10.0. The van der Waals surface area contributed by atoms with Gasteiger partial charge >= 0.3 is 0 Å². The van der Waals surface area contributed by atoms with Crippen molar-refractivity contribution in [1.29, 1.82) is 0 Å². The summed E-state index contributed by atoms with van der Waals surface area (Å²) in [6.07, 6.45) is 4.35. The molecule has 0 fully saturated rings. The van der Waals surface area contributed by atoms with E-state index in [0.29, 0.717) is 54.6 Å². The first kappa shape index (κ1) is 26.5. The van der Waals surface area contributed by atoms with Crippen molar-refractivity contribution in [3.05, 3.63) is 59.2 Å². The average Bonchev–Trinajstić information content (AvgIpc) is 2.78. The maximum atomic E-state index is 13.2. The standard InChI is InChI=1S/C29H40O4/c1-8-23-12-15-27(31-17-20(2)3)24(16-23)13-14-26(30)25-10-9-11-28(32-18-21(4)5)29(25)33-19-22(6)7/h9-16,20-22H,8,17-19H2,1-7H3. The largest absolute Gasteiger partial charge is 0.493 e. The van der Waals surface area contributed by atoms with Crippen LogP contribution in [-0.4, -0.2) is 25.6 Å². The molecule has 0 saturated carbocycles. The summed E-state index contributed by atoms with van der Waals surface area (Å²) >= 11 is 0. The Hall–Kier alpha value is -2.75. The van der Waals surface area contributed by atoms with Crippen LogP contribution in [0.4, 0.5) is 0 Å². The lowest BCUT2D eigenvalue weighted by Crippen LogP contribution is -2.11. The summed E-state index contributed by atoms with van der Waals surface area (Å²) in [4.78, 5) is 13.2. The van der Waals surface area contributed by atoms with Crippen molar-refractivity contribution in [3.8, 4) is 17.2 Å². The Morgan fingerprint density at radius 2 is 1.42 bits per heavy atom. The average molecular weight is 453 g/mol. The lowest BCUT2D eigenvalue weighted by molar-refractivity contribution is 0.104. The minimum absolute atomic E-state index is 0.125. The number of rotatable bonds is 13. The third kappa shape index (κ3) is 8.60. The second-order valence-electron chi connectivity index (χ2n) is 9.67. The summed E-state index contributed by atoms with van der Waals surface area (Å²) in [5.41, 5.74) is 2.61. The number of carbonyl (C=O) groups excluding carboxylic acids is 1. The molecule has 0 spiro atoms. The van der Waals surface area contributed by atoms with Crippen LogP contribution in [-0.2, 0) is 6.42 Å². The van der Waals surface area contributed by atoms with Crippen LogP contribution in [0, 0.1) is 17.8 Å². The highest BCUT2D eigenvalue weighted by Gasteiger charge is 2.17. The highest BCUT2D eigenvalue weighted by molar-refractivity contribution is 6.09. The number of ketones is 1. The second kappa shape index (κ2) is 13.1. The fraction of sp³-hybridized carbons (Fsp3) is 0.483. The Morgan fingerprint density at radius 3 is 2.03 bits per heavy atom. The molecular weight excluding hydrogens is 412 g/mol. The van der Waals surface area contributed by atoms with Crippen molar-refractivity contribution >= 4 is 11.9 Å². The van der Waals surface area contributed by atoms with E-state index >= 15 is 0 Å². The normalized spacial score (nSPS) is 11.6. The maximum Gasteiger partial charge on any atom is 0.189 e. The zero-order valence-electron chi connectivity index (χ0n) is 21.3. The summed E-state index contributed by atoms with van der Waals surface area (Å²) in [6, 6.07) is 11.6. The van der Waals surface area contributed by atoms with Gasteiger partial charge < -0.3 is 14.2 Å². The van der Waals surface area contributed by atoms with Crippen molar-refractivity contribution in [3.63, 3.8) is 0 Å². The Balaban J connectivity index is 2.35. The van der Waals surface area contributed by atoms with E-state index in [1.165, 1.54) is 5.56 Å². The van der Waals surface area contributed by atoms with Crippen molar-refractivity contribution in [2.24, 2.45) is 17.8 Å². The molecule has 0 radical (unpaired) electrons. The minimum atomic E-state index is -0.125. The predicted molar refractivity (Wildman–Crippen MR) is 137 cm³/mol. The zero-order valence-corrected chi connectivity index (χ0v) is 21.3. The van der Waals surface area contributed by atoms with Crippen LogP contribution in [0.1, 0.15) is 70.0 Å². The van der Waals surface area contributed by atoms with Crippen molar-refractivity contribution in [2.45, 2.75) is 54.9 Å². The first-order chi connectivity index (χ1) is 15.7. The Labute approximate surface area is 200 Å². The zero-order chi connectivity index (χ0) is 24.4. The Morgan fingerprint density at radius 1 is 0.818 bits per heavy atom. The van der Waals surface area contributed by atoms with Crippen molar-refractivity contribution in [2.75, 3.05) is 19.8 Å². The smallest absolute Gasteiger partial charge is 0.189 e. The Bertz CT molecular complexity index is 925. The topological polar surface area (TPSA) is 44.8 Å². The fourth-order valence-corrected chi connectivity index (χ4v) is 3.07. The number of allylic oxidation sites excluding steroid dienone is 1. The van der Waals surface area contributed by atoms with E-state index in [2.05, 4.69) is 60.6 Å². The molecule has 0 aromatic heterocycles. The summed E-state index contributed by atoms with van der Waals surface area (Å²) in [6.45, 7) is 16.4. The number of aryl methyl sites for hydroxylation is 1. The second-order valence-corrected chi connectivity index (χ2v) is 9.67. The van der Waals surface area contributed by atoms with Crippen LogP contribution in [0.25, 0.3) is 6.08 Å². The number of para-hydroxylation sites is 1. The van der Waals surface area contributed by atoms with Crippen LogP contribution in [0.15, 0.2) is 42.5 Å². The molecule has 4 heteroatoms. The molecule has 0 N–H and O–H groups in total. The predicted octanol–water partition coefficient (Wildman–Crippen LogP) is 7.25. The van der Waals surface area contributed by atoms with Gasteiger partial charge in [-0.2, -0.15) is 0 Å². The quantitative estimate of drug-likeness (QED) is 0.237. The van der Waals surface area contributed by atoms with Crippen LogP contribution in [0.3, 0.4) is 0 Å². The Kier molecular flexibility index (Phi) is 10.5. The molecule has 0 saturated heterocycles. The molecule has 0 amide bonds. The third-order valence-electron chi connectivity index (χ3n) is 4.85. The van der Waals surface area contributed by atoms with Crippen LogP contribution in [0.5, 0.6) is 17.2 Å². The third-order valence-corrected chi connectivity index (χ3v) is 4.85. The van der Waals surface area contributed by atoms with Gasteiger partial charge in [0.2, 0.25) is 0 Å². The highest BCUT2D eigenvalue weighted by atomic mass is 16.5. The highest BCUT2D eigenvalue weighted by Crippen LogP contribution is 2.33. The van der Waals surface area contributed by atoms with E-state index < -0.39 is 0 Å². The molecule has 0 aliphatic carbocycles. The molecule has 0 heterocycles. The molecule has 0 atom stereocenters. The van der Waals surface area contributed by atoms with E-state index in [0.717, 1.165) is 17.7 Å². The summed E-state index contributed by atoms with van der Waals surface area (Å²) in [5, 5.41) is 0. The summed E-state index contributed by atoms with van der Waals surface area (Å²) < 4.78 is 18.0. The summed E-state index contributed by atoms with van der Waals surface area (Å²) in [7, 11) is 0. The molecule has 2 rings (SSSR count). The van der Waals surface area contributed by atoms with Crippen molar-refractivity contribution in [1.82, 2.24) is 0 Å². The van der Waals surface area contributed by atoms with Gasteiger partial charge in [-0.15, -0.1) is 0 Å². The van der Waals surface area contributed by atoms with Gasteiger partial charge in [-0.25, -0.2) is 0 Å². The van der Waals surface area contributed by atoms with Crippen LogP contribution < -0.4 is 14.2 Å². The van der Waals surface area contributed by atoms with E-state index in [1.54, 1.807) is 12.1 Å². The van der Waals surface area contributed by atoms with Gasteiger partial charge in [-0.1, -0.05) is 60.6 Å². The first-order valence-corrected chi connectivity index (χ1v) is 12.1. The van der Waals surface area contributed by atoms with E-state index in [1.807, 2.05) is 24.3 Å². The molecule has 33 heavy (non-hydrogen) atoms. The molecule has 4 nitrogen and oxygen atoms in total. The van der Waals surface area contributed by atoms with Gasteiger partial charge in [-0.3, -0.25) is 4.79 Å². The van der Waals surface area contributed by atoms with E-state index in [4.69, 9.17) is 14.2 Å². The molecule has 2 aromatic rings. The molecule has 2 aromatic carbocycles. The molecule has 0 bridgehead atoms. The first-order valence-electron chi connectivity index (χ1n) is 12.1. The van der Waals surface area contributed by atoms with Gasteiger partial charge in [0.05, 0.1) is 25.4 Å². The van der Waals surface area contributed by atoms with Gasteiger partial charge in [0.25, 0.3) is 0 Å². The fourth-order valence-electron chi connectivity index (χ4n) is 3.07. The van der Waals surface area contributed by atoms with Crippen LogP contribution in [0.2, 0.25) is 0 Å². The molecular formula is C29H40O4. The minimum Gasteiger partial charge on any atom is -0.493 e. The number of ether oxygens (including phenoxy) is 3. The molecule has 0 aliphatic rings. The maximum absolute atomic E-state index is 13.2. The summed E-state index contributed by atoms with van der Waals surface area (Å²) in [5.74, 6) is 2.91. The number of hydrogen-bond acceptors (Lipinski definition) is 4. The monoisotopic (exact) mass is 452 g/mol. The SMILES string of the molecule is CCc1ccc(OCC(C)C)c(C=CC(=O)c2cccc(OCC(C)C)c2OCC(C)C)c1. The van der Waals surface area contributed by atoms with Gasteiger partial charge in [0.1, 0.15) is 5.75 Å². The van der Waals surface area contributed by atoms with Gasteiger partial charge in [-0.05, 0) is 66.2 Å². The van der Waals surface area contributed by atoms with Gasteiger partial charge in [0, 0.05) is 5.56 Å². The molecule has 0 aliphatic heterocycles. The number of benzene rings is 2. The van der Waals surface area contributed by atoms with E-state index in [-0.39, 0.29) is 5.78 Å². The molecule has 0 unspecified atom stereocenters. The number of carbonyl (C=O) groups is 1. The van der Waals surface area contributed by atoms with Gasteiger partial charge in [0.15, 0.2) is 17.3 Å².